The van der Waals surface area contributed by atoms with E-state index in [9.17, 15) is 0 Å². The van der Waals surface area contributed by atoms with Crippen LogP contribution in [0, 0.1) is 5.41 Å². The fourth-order valence-corrected chi connectivity index (χ4v) is 2.92. The van der Waals surface area contributed by atoms with E-state index in [-0.39, 0.29) is 17.7 Å². The average molecular weight is 250 g/mol. The molecule has 1 saturated carbocycles. The molecule has 1 unspecified atom stereocenters. The van der Waals surface area contributed by atoms with Crippen molar-refractivity contribution >= 4 is 0 Å². The molecule has 0 radical (unpaired) electrons. The molecule has 2 aliphatic rings. The Hall–Kier alpha value is -0.940. The molecule has 1 aliphatic carbocycles. The van der Waals surface area contributed by atoms with Gasteiger partial charge in [0.2, 0.25) is 0 Å². The molecule has 2 heterocycles. The molecule has 18 heavy (non-hydrogen) atoms. The number of hydrogen-bond donors (Lipinski definition) is 1. The Morgan fingerprint density at radius 2 is 2.28 bits per heavy atom. The monoisotopic (exact) mass is 250 g/mol. The summed E-state index contributed by atoms with van der Waals surface area (Å²) in [4.78, 5) is 4.46. The minimum Gasteiger partial charge on any atom is -0.356 e. The van der Waals surface area contributed by atoms with Crippen molar-refractivity contribution in [3.63, 3.8) is 0 Å². The number of nitrogens with zero attached hydrogens (tertiary/aromatic N) is 3. The van der Waals surface area contributed by atoms with Gasteiger partial charge < -0.3 is 10.5 Å². The first-order chi connectivity index (χ1) is 8.59. The number of aromatic nitrogens is 3. The highest BCUT2D eigenvalue weighted by Gasteiger charge is 2.48. The van der Waals surface area contributed by atoms with Gasteiger partial charge in [0, 0.05) is 18.6 Å². The molecule has 2 fully saturated rings. The fourth-order valence-electron chi connectivity index (χ4n) is 2.92. The largest absolute Gasteiger partial charge is 0.356 e. The summed E-state index contributed by atoms with van der Waals surface area (Å²) < 4.78 is 7.60. The van der Waals surface area contributed by atoms with Gasteiger partial charge in [0.1, 0.15) is 6.33 Å². The highest BCUT2D eigenvalue weighted by molar-refractivity contribution is 5.13. The first-order valence-corrected chi connectivity index (χ1v) is 6.87. The molecule has 3 rings (SSSR count). The van der Waals surface area contributed by atoms with Gasteiger partial charge in [0.05, 0.1) is 0 Å². The van der Waals surface area contributed by atoms with Crippen LogP contribution in [0.1, 0.15) is 57.5 Å². The zero-order valence-corrected chi connectivity index (χ0v) is 11.2. The topological polar surface area (TPSA) is 66.0 Å². The first-order valence-electron chi connectivity index (χ1n) is 6.87. The summed E-state index contributed by atoms with van der Waals surface area (Å²) in [6.07, 6.45) is 6.28. The molecule has 0 bridgehead atoms. The molecule has 0 spiro atoms. The van der Waals surface area contributed by atoms with Gasteiger partial charge in [0.25, 0.3) is 0 Å². The van der Waals surface area contributed by atoms with Crippen LogP contribution < -0.4 is 5.73 Å². The van der Waals surface area contributed by atoms with Crippen molar-refractivity contribution in [2.75, 3.05) is 6.61 Å². The molecule has 1 aromatic heterocycles. The molecule has 1 aromatic rings. The molecule has 5 nitrogen and oxygen atoms in total. The van der Waals surface area contributed by atoms with E-state index in [0.29, 0.717) is 5.92 Å². The lowest BCUT2D eigenvalue weighted by Gasteiger charge is -2.48. The second-order valence-corrected chi connectivity index (χ2v) is 6.12. The average Bonchev–Trinajstić information content (AvgIpc) is 2.86. The van der Waals surface area contributed by atoms with E-state index in [1.54, 1.807) is 0 Å². The maximum Gasteiger partial charge on any atom is 0.154 e. The molecular weight excluding hydrogens is 228 g/mol. The quantitative estimate of drug-likeness (QED) is 0.869. The molecule has 5 heteroatoms. The summed E-state index contributed by atoms with van der Waals surface area (Å²) in [5, 5.41) is 4.61. The zero-order chi connectivity index (χ0) is 12.8. The van der Waals surface area contributed by atoms with Crippen LogP contribution in [0.25, 0.3) is 0 Å². The molecule has 100 valence electrons. The second kappa shape index (κ2) is 4.31. The van der Waals surface area contributed by atoms with Crippen molar-refractivity contribution in [1.82, 2.24) is 14.8 Å². The van der Waals surface area contributed by atoms with Gasteiger partial charge in [-0.2, -0.15) is 5.10 Å². The van der Waals surface area contributed by atoms with Crippen molar-refractivity contribution in [3.05, 3.63) is 12.2 Å². The van der Waals surface area contributed by atoms with Crippen LogP contribution in [0.3, 0.4) is 0 Å². The van der Waals surface area contributed by atoms with Gasteiger partial charge in [-0.1, -0.05) is 13.8 Å². The van der Waals surface area contributed by atoms with Gasteiger partial charge in [-0.15, -0.1) is 0 Å². The molecule has 1 saturated heterocycles. The minimum absolute atomic E-state index is 0.0804. The number of ether oxygens (including phenoxy) is 1. The van der Waals surface area contributed by atoms with E-state index in [2.05, 4.69) is 23.9 Å². The summed E-state index contributed by atoms with van der Waals surface area (Å²) in [5.41, 5.74) is 6.16. The first kappa shape index (κ1) is 12.1. The second-order valence-electron chi connectivity index (χ2n) is 6.12. The molecular formula is C13H22N4O. The van der Waals surface area contributed by atoms with E-state index in [1.165, 1.54) is 6.42 Å². The van der Waals surface area contributed by atoms with E-state index in [0.717, 1.165) is 31.7 Å². The maximum absolute atomic E-state index is 6.05. The van der Waals surface area contributed by atoms with Gasteiger partial charge in [0.15, 0.2) is 12.1 Å². The summed E-state index contributed by atoms with van der Waals surface area (Å²) >= 11 is 0. The Balaban J connectivity index is 1.74. The van der Waals surface area contributed by atoms with E-state index in [4.69, 9.17) is 10.5 Å². The number of hydrogen-bond acceptors (Lipinski definition) is 4. The zero-order valence-electron chi connectivity index (χ0n) is 11.2. The highest BCUT2D eigenvalue weighted by Crippen LogP contribution is 2.50. The normalized spacial score (nSPS) is 35.2. The Labute approximate surface area is 108 Å². The molecule has 0 amide bonds. The van der Waals surface area contributed by atoms with Gasteiger partial charge >= 0.3 is 0 Å². The van der Waals surface area contributed by atoms with Crippen LogP contribution in [0.15, 0.2) is 6.33 Å². The standard InChI is InChI=1S/C13H22N4O/c1-13(2)9(7-10(13)14)12-15-8-17(16-12)11-5-3-4-6-18-11/h8-11H,3-7,14H2,1-2H3/t9-,10-,11?/m1/s1. The van der Waals surface area contributed by atoms with Gasteiger partial charge in [-0.05, 0) is 31.1 Å². The van der Waals surface area contributed by atoms with Crippen LogP contribution in [0.4, 0.5) is 0 Å². The minimum atomic E-state index is 0.0804. The van der Waals surface area contributed by atoms with Crippen LogP contribution >= 0.6 is 0 Å². The van der Waals surface area contributed by atoms with E-state index < -0.39 is 0 Å². The molecule has 2 N–H and O–H groups in total. The van der Waals surface area contributed by atoms with Crippen molar-refractivity contribution in [2.24, 2.45) is 11.1 Å². The van der Waals surface area contributed by atoms with Crippen molar-refractivity contribution < 1.29 is 4.74 Å². The third-order valence-electron chi connectivity index (χ3n) is 4.63. The lowest BCUT2D eigenvalue weighted by molar-refractivity contribution is -0.0403. The number of nitrogens with two attached hydrogens (primary N) is 1. The predicted octanol–water partition coefficient (Wildman–Crippen LogP) is 1.82. The molecule has 3 atom stereocenters. The Morgan fingerprint density at radius 1 is 1.44 bits per heavy atom. The fraction of sp³-hybridized carbons (Fsp3) is 0.846. The molecule has 1 aliphatic heterocycles. The lowest BCUT2D eigenvalue weighted by atomic mass is 9.58. The Bertz CT molecular complexity index is 422. The summed E-state index contributed by atoms with van der Waals surface area (Å²) in [5.74, 6) is 1.31. The van der Waals surface area contributed by atoms with Gasteiger partial charge in [-0.3, -0.25) is 0 Å². The van der Waals surface area contributed by atoms with Crippen LogP contribution in [-0.4, -0.2) is 27.4 Å². The molecule has 0 aromatic carbocycles. The maximum atomic E-state index is 6.05. The summed E-state index contributed by atoms with van der Waals surface area (Å²) in [6.45, 7) is 5.23. The number of rotatable bonds is 2. The van der Waals surface area contributed by atoms with Crippen molar-refractivity contribution in [2.45, 2.75) is 57.7 Å². The Kier molecular flexibility index (Phi) is 2.90. The predicted molar refractivity (Wildman–Crippen MR) is 68.0 cm³/mol. The summed E-state index contributed by atoms with van der Waals surface area (Å²) in [7, 11) is 0. The van der Waals surface area contributed by atoms with Crippen LogP contribution in [0.5, 0.6) is 0 Å². The smallest absolute Gasteiger partial charge is 0.154 e. The SMILES string of the molecule is CC1(C)[C@H](N)C[C@@H]1c1ncn(C2CCCCO2)n1. The highest BCUT2D eigenvalue weighted by atomic mass is 16.5. The van der Waals surface area contributed by atoms with Crippen LogP contribution in [0.2, 0.25) is 0 Å². The Morgan fingerprint density at radius 3 is 2.89 bits per heavy atom. The van der Waals surface area contributed by atoms with Crippen LogP contribution in [-0.2, 0) is 4.74 Å². The van der Waals surface area contributed by atoms with E-state index in [1.807, 2.05) is 11.0 Å². The third kappa shape index (κ3) is 1.86. The van der Waals surface area contributed by atoms with E-state index >= 15 is 0 Å². The lowest BCUT2D eigenvalue weighted by Crippen LogP contribution is -2.53. The van der Waals surface area contributed by atoms with Crippen molar-refractivity contribution in [3.8, 4) is 0 Å². The van der Waals surface area contributed by atoms with Gasteiger partial charge in [-0.25, -0.2) is 9.67 Å². The summed E-state index contributed by atoms with van der Waals surface area (Å²) in [6, 6.07) is 0.264. The third-order valence-corrected chi connectivity index (χ3v) is 4.63. The van der Waals surface area contributed by atoms with Crippen molar-refractivity contribution in [1.29, 1.82) is 0 Å².